The molecular weight excluding hydrogens is 466 g/mol. The minimum Gasteiger partial charge on any atom is -0.383 e. The van der Waals surface area contributed by atoms with Crippen LogP contribution in [0.25, 0.3) is 28.2 Å². The van der Waals surface area contributed by atoms with Crippen LogP contribution in [-0.2, 0) is 11.3 Å². The number of hydrogen-bond acceptors (Lipinski definition) is 6. The van der Waals surface area contributed by atoms with Crippen molar-refractivity contribution < 1.29 is 9.59 Å². The molecular formula is C28H25N7O2. The maximum atomic E-state index is 12.7. The predicted octanol–water partition coefficient (Wildman–Crippen LogP) is 4.26. The molecule has 0 fully saturated rings. The molecule has 0 aliphatic carbocycles. The van der Waals surface area contributed by atoms with Crippen LogP contribution in [0.4, 0.5) is 11.5 Å². The zero-order chi connectivity index (χ0) is 25.9. The van der Waals surface area contributed by atoms with Crippen LogP contribution in [0.5, 0.6) is 0 Å². The van der Waals surface area contributed by atoms with Crippen molar-refractivity contribution in [2.45, 2.75) is 20.4 Å². The number of nitrogens with one attached hydrogen (secondary N) is 2. The number of benzene rings is 2. The number of nitrogen functional groups attached to an aromatic ring is 1. The van der Waals surface area contributed by atoms with E-state index in [9.17, 15) is 9.59 Å². The van der Waals surface area contributed by atoms with Crippen LogP contribution in [-0.4, -0.2) is 31.3 Å². The molecule has 0 aliphatic heterocycles. The molecule has 4 N–H and O–H groups in total. The summed E-state index contributed by atoms with van der Waals surface area (Å²) >= 11 is 0. The number of pyridine rings is 2. The standard InChI is InChI=1S/C28H25N7O2/c1-17-8-13-24-27(32-17)35(26(34-24)23-7-4-14-30-25(23)29)22-11-9-19(10-12-22)16-31-28(37)20-5-3-6-21(15-20)33-18(2)36/h3-15H,16H2,1-2H3,(H2,29,30)(H,31,37)(H,33,36). The lowest BCUT2D eigenvalue weighted by Crippen LogP contribution is -2.23. The Balaban J connectivity index is 1.41. The van der Waals surface area contributed by atoms with E-state index in [0.29, 0.717) is 29.4 Å². The van der Waals surface area contributed by atoms with Crippen molar-refractivity contribution >= 4 is 34.5 Å². The predicted molar refractivity (Wildman–Crippen MR) is 143 cm³/mol. The number of anilines is 2. The average Bonchev–Trinajstić information content (AvgIpc) is 3.26. The first-order valence-electron chi connectivity index (χ1n) is 11.7. The summed E-state index contributed by atoms with van der Waals surface area (Å²) in [4.78, 5) is 37.7. The Morgan fingerprint density at radius 1 is 0.973 bits per heavy atom. The lowest BCUT2D eigenvalue weighted by Gasteiger charge is -2.12. The summed E-state index contributed by atoms with van der Waals surface area (Å²) in [6.07, 6.45) is 1.65. The fourth-order valence-corrected chi connectivity index (χ4v) is 4.07. The van der Waals surface area contributed by atoms with Gasteiger partial charge in [-0.05, 0) is 67.1 Å². The van der Waals surface area contributed by atoms with Crippen LogP contribution in [0.3, 0.4) is 0 Å². The molecule has 0 bridgehead atoms. The van der Waals surface area contributed by atoms with E-state index in [1.807, 2.05) is 60.0 Å². The molecule has 3 aromatic heterocycles. The molecule has 184 valence electrons. The number of imidazole rings is 1. The van der Waals surface area contributed by atoms with Gasteiger partial charge in [0.15, 0.2) is 11.5 Å². The summed E-state index contributed by atoms with van der Waals surface area (Å²) in [6.45, 7) is 3.70. The van der Waals surface area contributed by atoms with Crippen LogP contribution in [0.15, 0.2) is 79.0 Å². The molecule has 3 heterocycles. The number of hydrogen-bond donors (Lipinski definition) is 3. The number of aromatic nitrogens is 4. The molecule has 9 nitrogen and oxygen atoms in total. The third-order valence-electron chi connectivity index (χ3n) is 5.82. The van der Waals surface area contributed by atoms with Crippen molar-refractivity contribution in [2.75, 3.05) is 11.1 Å². The largest absolute Gasteiger partial charge is 0.383 e. The summed E-state index contributed by atoms with van der Waals surface area (Å²) in [5.74, 6) is 0.616. The molecule has 5 rings (SSSR count). The highest BCUT2D eigenvalue weighted by molar-refractivity contribution is 5.96. The third-order valence-corrected chi connectivity index (χ3v) is 5.82. The highest BCUT2D eigenvalue weighted by Crippen LogP contribution is 2.30. The van der Waals surface area contributed by atoms with Crippen molar-refractivity contribution in [2.24, 2.45) is 0 Å². The number of carbonyl (C=O) groups is 2. The maximum absolute atomic E-state index is 12.7. The van der Waals surface area contributed by atoms with E-state index in [0.717, 1.165) is 33.7 Å². The summed E-state index contributed by atoms with van der Waals surface area (Å²) < 4.78 is 1.96. The second kappa shape index (κ2) is 9.90. The summed E-state index contributed by atoms with van der Waals surface area (Å²) in [5, 5.41) is 5.61. The van der Waals surface area contributed by atoms with Crippen molar-refractivity contribution in [1.29, 1.82) is 0 Å². The van der Waals surface area contributed by atoms with Gasteiger partial charge in [-0.25, -0.2) is 15.0 Å². The van der Waals surface area contributed by atoms with E-state index >= 15 is 0 Å². The summed E-state index contributed by atoms with van der Waals surface area (Å²) in [6, 6.07) is 22.2. The molecule has 2 amide bonds. The van der Waals surface area contributed by atoms with Crippen molar-refractivity contribution in [3.63, 3.8) is 0 Å². The lowest BCUT2D eigenvalue weighted by atomic mass is 10.1. The van der Waals surface area contributed by atoms with Crippen LogP contribution >= 0.6 is 0 Å². The van der Waals surface area contributed by atoms with Crippen LogP contribution in [0.2, 0.25) is 0 Å². The van der Waals surface area contributed by atoms with E-state index in [4.69, 9.17) is 15.7 Å². The van der Waals surface area contributed by atoms with Crippen molar-refractivity contribution in [1.82, 2.24) is 24.8 Å². The quantitative estimate of drug-likeness (QED) is 0.326. The molecule has 0 radical (unpaired) electrons. The Labute approximate surface area is 213 Å². The summed E-state index contributed by atoms with van der Waals surface area (Å²) in [5.41, 5.74) is 12.1. The van der Waals surface area contributed by atoms with Crippen LogP contribution in [0, 0.1) is 6.92 Å². The van der Waals surface area contributed by atoms with Gasteiger partial charge in [-0.3, -0.25) is 14.2 Å². The number of carbonyl (C=O) groups excluding carboxylic acids is 2. The average molecular weight is 492 g/mol. The molecule has 0 saturated heterocycles. The highest BCUT2D eigenvalue weighted by Gasteiger charge is 2.18. The van der Waals surface area contributed by atoms with Gasteiger partial charge in [0, 0.05) is 42.3 Å². The Bertz CT molecular complexity index is 1620. The van der Waals surface area contributed by atoms with Gasteiger partial charge in [0.2, 0.25) is 5.91 Å². The van der Waals surface area contributed by atoms with E-state index in [1.54, 1.807) is 30.5 Å². The number of rotatable bonds is 6. The fourth-order valence-electron chi connectivity index (χ4n) is 4.07. The van der Waals surface area contributed by atoms with Crippen molar-refractivity contribution in [3.8, 4) is 17.1 Å². The van der Waals surface area contributed by atoms with Crippen LogP contribution in [0.1, 0.15) is 28.5 Å². The van der Waals surface area contributed by atoms with Gasteiger partial charge < -0.3 is 16.4 Å². The number of nitrogens with two attached hydrogens (primary N) is 1. The van der Waals surface area contributed by atoms with E-state index in [-0.39, 0.29) is 11.8 Å². The summed E-state index contributed by atoms with van der Waals surface area (Å²) in [7, 11) is 0. The Hall–Kier alpha value is -5.05. The minimum atomic E-state index is -0.231. The van der Waals surface area contributed by atoms with Gasteiger partial charge in [0.05, 0.1) is 5.56 Å². The molecule has 0 saturated carbocycles. The molecule has 5 aromatic rings. The monoisotopic (exact) mass is 491 g/mol. The van der Waals surface area contributed by atoms with E-state index in [1.165, 1.54) is 6.92 Å². The number of aryl methyl sites for hydroxylation is 1. The van der Waals surface area contributed by atoms with Gasteiger partial charge in [-0.2, -0.15) is 0 Å². The van der Waals surface area contributed by atoms with Gasteiger partial charge in [0.1, 0.15) is 11.3 Å². The molecule has 0 atom stereocenters. The smallest absolute Gasteiger partial charge is 0.251 e. The van der Waals surface area contributed by atoms with Gasteiger partial charge in [-0.15, -0.1) is 0 Å². The second-order valence-electron chi connectivity index (χ2n) is 8.61. The first kappa shape index (κ1) is 23.7. The van der Waals surface area contributed by atoms with Gasteiger partial charge in [0.25, 0.3) is 5.91 Å². The Morgan fingerprint density at radius 3 is 2.54 bits per heavy atom. The van der Waals surface area contributed by atoms with E-state index in [2.05, 4.69) is 15.6 Å². The molecule has 37 heavy (non-hydrogen) atoms. The molecule has 0 aliphatic rings. The third kappa shape index (κ3) is 5.01. The SMILES string of the molecule is CC(=O)Nc1cccc(C(=O)NCc2ccc(-n3c(-c4cccnc4N)nc4ccc(C)nc43)cc2)c1. The zero-order valence-electron chi connectivity index (χ0n) is 20.4. The zero-order valence-corrected chi connectivity index (χ0v) is 20.4. The number of nitrogens with zero attached hydrogens (tertiary/aromatic N) is 4. The molecule has 9 heteroatoms. The second-order valence-corrected chi connectivity index (χ2v) is 8.61. The first-order valence-corrected chi connectivity index (χ1v) is 11.7. The topological polar surface area (TPSA) is 128 Å². The lowest BCUT2D eigenvalue weighted by molar-refractivity contribution is -0.114. The Kier molecular flexibility index (Phi) is 6.34. The Morgan fingerprint density at radius 2 is 1.78 bits per heavy atom. The minimum absolute atomic E-state index is 0.192. The number of fused-ring (bicyclic) bond motifs is 1. The van der Waals surface area contributed by atoms with E-state index < -0.39 is 0 Å². The highest BCUT2D eigenvalue weighted by atomic mass is 16.2. The maximum Gasteiger partial charge on any atom is 0.251 e. The number of amides is 2. The molecule has 2 aromatic carbocycles. The van der Waals surface area contributed by atoms with Crippen molar-refractivity contribution in [3.05, 3.63) is 95.8 Å². The van der Waals surface area contributed by atoms with Gasteiger partial charge in [-0.1, -0.05) is 18.2 Å². The van der Waals surface area contributed by atoms with Gasteiger partial charge >= 0.3 is 0 Å². The first-order chi connectivity index (χ1) is 17.9. The van der Waals surface area contributed by atoms with Crippen LogP contribution < -0.4 is 16.4 Å². The fraction of sp³-hybridized carbons (Fsp3) is 0.107. The molecule has 0 unspecified atom stereocenters. The molecule has 0 spiro atoms. The normalized spacial score (nSPS) is 10.9.